The smallest absolute Gasteiger partial charge is 0.269 e. The Morgan fingerprint density at radius 2 is 1.04 bits per heavy atom. The molecule has 8 aromatic carbocycles. The first-order chi connectivity index (χ1) is 34.6. The predicted octanol–water partition coefficient (Wildman–Crippen LogP) is 16.6. The molecular weight excluding hydrogens is 879 g/mol. The number of para-hydroxylation sites is 2. The molecule has 0 aliphatic rings. The van der Waals surface area contributed by atoms with E-state index in [0.29, 0.717) is 0 Å². The quantitative estimate of drug-likeness (QED) is 0.118. The first kappa shape index (κ1) is 45.0. The highest BCUT2D eigenvalue weighted by Gasteiger charge is 2.24. The van der Waals surface area contributed by atoms with Crippen LogP contribution in [0.3, 0.4) is 0 Å². The summed E-state index contributed by atoms with van der Waals surface area (Å²) in [5.41, 5.74) is 15.7. The molecule has 6 nitrogen and oxygen atoms in total. The van der Waals surface area contributed by atoms with E-state index in [4.69, 9.17) is 9.72 Å². The maximum Gasteiger partial charge on any atom is 0.269 e. The molecule has 4 heterocycles. The van der Waals surface area contributed by atoms with Crippen molar-refractivity contribution in [2.45, 2.75) is 78.6 Å². The highest BCUT2D eigenvalue weighted by Crippen LogP contribution is 2.40. The fourth-order valence-corrected chi connectivity index (χ4v) is 10.4. The summed E-state index contributed by atoms with van der Waals surface area (Å²) in [5, 5.41) is 4.74. The number of imidazole rings is 1. The summed E-state index contributed by atoms with van der Waals surface area (Å²) in [6.45, 7) is 20.5. The second kappa shape index (κ2) is 16.7. The topological polar surface area (TPSA) is 40.8 Å². The Balaban J connectivity index is 0.991. The molecule has 0 aliphatic heterocycles. The van der Waals surface area contributed by atoms with Gasteiger partial charge in [-0.1, -0.05) is 153 Å². The van der Waals surface area contributed by atoms with E-state index < -0.39 is 0 Å². The van der Waals surface area contributed by atoms with E-state index in [1.165, 1.54) is 44.1 Å². The van der Waals surface area contributed by atoms with Crippen molar-refractivity contribution >= 4 is 54.6 Å². The maximum absolute atomic E-state index is 6.91. The Hall–Kier alpha value is -8.22. The third kappa shape index (κ3) is 7.83. The maximum atomic E-state index is 6.91. The molecule has 72 heavy (non-hydrogen) atoms. The molecule has 0 fully saturated rings. The molecule has 0 bridgehead atoms. The lowest BCUT2D eigenvalue weighted by Crippen LogP contribution is -2.31. The van der Waals surface area contributed by atoms with Gasteiger partial charge < -0.3 is 9.30 Å². The van der Waals surface area contributed by atoms with E-state index in [0.717, 1.165) is 72.8 Å². The molecule has 0 N–H and O–H groups in total. The van der Waals surface area contributed by atoms with Gasteiger partial charge in [-0.15, -0.1) is 0 Å². The fourth-order valence-electron chi connectivity index (χ4n) is 10.4. The standard InChI is InChI=1S/C66H59N5O/c1-64(2,3)45-32-33-67-63(38-45)71-59-31-27-49(70-57-24-15-13-22-53(57)54-23-14-16-25-58(54)70)40-56(59)55-29-28-52(41-61(55)71)72-51-21-17-20-48(39-51)68-42-69(50-36-46(65(4,5)6)35-47(37-50)66(7,8)9)62-34-44(26-30-60(62)68)43-18-11-10-12-19-43/h10-41H,1-9H3. The van der Waals surface area contributed by atoms with Gasteiger partial charge in [0.2, 0.25) is 0 Å². The van der Waals surface area contributed by atoms with Crippen LogP contribution in [0.2, 0.25) is 0 Å². The van der Waals surface area contributed by atoms with Gasteiger partial charge in [0.15, 0.2) is 0 Å². The lowest BCUT2D eigenvalue weighted by Gasteiger charge is -2.26. The normalized spacial score (nSPS) is 12.5. The number of hydrogen-bond acceptors (Lipinski definition) is 2. The highest BCUT2D eigenvalue weighted by molar-refractivity contribution is 6.12. The Morgan fingerprint density at radius 3 is 1.74 bits per heavy atom. The molecule has 0 saturated carbocycles. The van der Waals surface area contributed by atoms with Crippen molar-refractivity contribution < 1.29 is 9.30 Å². The fraction of sp³-hybridized carbons (Fsp3) is 0.182. The molecule has 0 atom stereocenters. The lowest BCUT2D eigenvalue weighted by atomic mass is 9.80. The average molecular weight is 938 g/mol. The van der Waals surface area contributed by atoms with Crippen LogP contribution in [0.25, 0.3) is 88.7 Å². The SMILES string of the molecule is CC(C)(C)c1cc(-[n+]2[c-]n(-c3cccc(Oc4ccc5c6cc(-n7c8ccccc8c8ccccc87)ccc6n(-c6cc(C(C)(C)C)ccn6)c5c4)c3)c3ccc(-c4ccccc4)cc32)cc(C(C)(C)C)c1. The number of aromatic nitrogens is 5. The number of nitrogens with zero attached hydrogens (tertiary/aromatic N) is 5. The summed E-state index contributed by atoms with van der Waals surface area (Å²) in [4.78, 5) is 5.02. The monoisotopic (exact) mass is 937 g/mol. The van der Waals surface area contributed by atoms with E-state index >= 15 is 0 Å². The van der Waals surface area contributed by atoms with E-state index in [1.54, 1.807) is 0 Å². The summed E-state index contributed by atoms with van der Waals surface area (Å²) in [6.07, 6.45) is 5.76. The van der Waals surface area contributed by atoms with Gasteiger partial charge in [0.25, 0.3) is 6.33 Å². The van der Waals surface area contributed by atoms with Gasteiger partial charge in [-0.3, -0.25) is 13.7 Å². The third-order valence-corrected chi connectivity index (χ3v) is 14.4. The minimum Gasteiger partial charge on any atom is -0.458 e. The van der Waals surface area contributed by atoms with Crippen LogP contribution in [0, 0.1) is 6.33 Å². The van der Waals surface area contributed by atoms with Crippen molar-refractivity contribution in [3.8, 4) is 45.5 Å². The molecule has 0 unspecified atom stereocenters. The zero-order valence-corrected chi connectivity index (χ0v) is 42.6. The van der Waals surface area contributed by atoms with Crippen LogP contribution in [0.1, 0.15) is 79.0 Å². The van der Waals surface area contributed by atoms with E-state index in [-0.39, 0.29) is 16.2 Å². The molecule has 4 aromatic heterocycles. The van der Waals surface area contributed by atoms with Gasteiger partial charge in [0.1, 0.15) is 17.3 Å². The number of rotatable bonds is 7. The largest absolute Gasteiger partial charge is 0.458 e. The van der Waals surface area contributed by atoms with Crippen molar-refractivity contribution in [3.05, 3.63) is 217 Å². The average Bonchev–Trinajstić information content (AvgIpc) is 4.03. The Labute approximate surface area is 422 Å². The number of pyridine rings is 1. The molecule has 0 radical (unpaired) electrons. The van der Waals surface area contributed by atoms with Crippen LogP contribution >= 0.6 is 0 Å². The zero-order valence-electron chi connectivity index (χ0n) is 42.6. The molecule has 0 saturated heterocycles. The Kier molecular flexibility index (Phi) is 10.4. The van der Waals surface area contributed by atoms with Crippen LogP contribution in [0.4, 0.5) is 0 Å². The van der Waals surface area contributed by atoms with Crippen LogP contribution in [-0.4, -0.2) is 18.7 Å². The minimum atomic E-state index is -0.0583. The van der Waals surface area contributed by atoms with E-state index in [9.17, 15) is 0 Å². The number of ether oxygens (including phenoxy) is 1. The van der Waals surface area contributed by atoms with Gasteiger partial charge >= 0.3 is 0 Å². The Bertz CT molecular complexity index is 3990. The molecular formula is C66H59N5O. The van der Waals surface area contributed by atoms with Crippen LogP contribution in [0.15, 0.2) is 194 Å². The van der Waals surface area contributed by atoms with Crippen molar-refractivity contribution in [2.24, 2.45) is 0 Å². The summed E-state index contributed by atoms with van der Waals surface area (Å²) >= 11 is 0. The molecule has 0 aliphatic carbocycles. The van der Waals surface area contributed by atoms with Gasteiger partial charge in [-0.2, -0.15) is 0 Å². The Morgan fingerprint density at radius 1 is 0.417 bits per heavy atom. The summed E-state index contributed by atoms with van der Waals surface area (Å²) in [5.74, 6) is 2.33. The molecule has 6 heteroatoms. The van der Waals surface area contributed by atoms with Gasteiger partial charge in [0.05, 0.1) is 44.5 Å². The first-order valence-electron chi connectivity index (χ1n) is 25.1. The van der Waals surface area contributed by atoms with Crippen molar-refractivity contribution in [1.29, 1.82) is 0 Å². The summed E-state index contributed by atoms with van der Waals surface area (Å²) < 4.78 is 16.0. The molecule has 12 aromatic rings. The van der Waals surface area contributed by atoms with Crippen molar-refractivity contribution in [3.63, 3.8) is 0 Å². The number of hydrogen-bond donors (Lipinski definition) is 0. The zero-order chi connectivity index (χ0) is 49.7. The highest BCUT2D eigenvalue weighted by atomic mass is 16.5. The third-order valence-electron chi connectivity index (χ3n) is 14.4. The molecule has 354 valence electrons. The van der Waals surface area contributed by atoms with Gasteiger partial charge in [0, 0.05) is 39.5 Å². The number of fused-ring (bicyclic) bond motifs is 7. The molecule has 0 spiro atoms. The van der Waals surface area contributed by atoms with Crippen LogP contribution < -0.4 is 9.30 Å². The second-order valence-corrected chi connectivity index (χ2v) is 22.4. The van der Waals surface area contributed by atoms with E-state index in [2.05, 4.69) is 269 Å². The lowest BCUT2D eigenvalue weighted by molar-refractivity contribution is -0.572. The minimum absolute atomic E-state index is 0.0451. The van der Waals surface area contributed by atoms with Gasteiger partial charge in [-0.05, 0) is 135 Å². The summed E-state index contributed by atoms with van der Waals surface area (Å²) in [6, 6.07) is 67.7. The number of benzene rings is 8. The first-order valence-corrected chi connectivity index (χ1v) is 25.1. The second-order valence-electron chi connectivity index (χ2n) is 22.4. The van der Waals surface area contributed by atoms with Crippen molar-refractivity contribution in [1.82, 2.24) is 18.7 Å². The van der Waals surface area contributed by atoms with Crippen molar-refractivity contribution in [2.75, 3.05) is 0 Å². The summed E-state index contributed by atoms with van der Waals surface area (Å²) in [7, 11) is 0. The van der Waals surface area contributed by atoms with E-state index in [1.807, 2.05) is 12.3 Å². The van der Waals surface area contributed by atoms with Gasteiger partial charge in [-0.25, -0.2) is 4.98 Å². The predicted molar refractivity (Wildman–Crippen MR) is 298 cm³/mol. The molecule has 12 rings (SSSR count). The van der Waals surface area contributed by atoms with Crippen LogP contribution in [0.5, 0.6) is 11.5 Å². The molecule has 0 amide bonds. The van der Waals surface area contributed by atoms with Crippen LogP contribution in [-0.2, 0) is 16.2 Å².